The van der Waals surface area contributed by atoms with Crippen LogP contribution < -0.4 is 16.0 Å². The third-order valence-corrected chi connectivity index (χ3v) is 4.53. The van der Waals surface area contributed by atoms with Crippen LogP contribution >= 0.6 is 11.8 Å². The van der Waals surface area contributed by atoms with E-state index in [0.717, 1.165) is 11.3 Å². The van der Waals surface area contributed by atoms with Gasteiger partial charge in [-0.1, -0.05) is 31.1 Å². The van der Waals surface area contributed by atoms with E-state index in [9.17, 15) is 14.4 Å². The highest BCUT2D eigenvalue weighted by Gasteiger charge is 2.09. The largest absolute Gasteiger partial charge is 0.360 e. The zero-order valence-corrected chi connectivity index (χ0v) is 16.9. The van der Waals surface area contributed by atoms with E-state index in [1.165, 1.54) is 11.8 Å². The van der Waals surface area contributed by atoms with Gasteiger partial charge in [0.05, 0.1) is 11.5 Å². The van der Waals surface area contributed by atoms with Crippen LogP contribution in [0.15, 0.2) is 34.9 Å². The molecule has 0 saturated carbocycles. The second-order valence-electron chi connectivity index (χ2n) is 6.48. The zero-order chi connectivity index (χ0) is 20.5. The number of nitrogens with one attached hydrogen (secondary N) is 3. The molecule has 0 aliphatic heterocycles. The fourth-order valence-corrected chi connectivity index (χ4v) is 2.73. The molecule has 0 fully saturated rings. The molecule has 2 rings (SSSR count). The number of rotatable bonds is 9. The molecule has 0 bridgehead atoms. The summed E-state index contributed by atoms with van der Waals surface area (Å²) < 4.78 is 4.86. The molecule has 3 amide bonds. The van der Waals surface area contributed by atoms with Crippen molar-refractivity contribution in [3.63, 3.8) is 0 Å². The molecule has 0 spiro atoms. The van der Waals surface area contributed by atoms with Crippen LogP contribution in [0.5, 0.6) is 0 Å². The Morgan fingerprint density at radius 3 is 2.36 bits per heavy atom. The van der Waals surface area contributed by atoms with Crippen LogP contribution in [-0.2, 0) is 20.9 Å². The van der Waals surface area contributed by atoms with Gasteiger partial charge in [-0.05, 0) is 24.6 Å². The van der Waals surface area contributed by atoms with Gasteiger partial charge in [-0.2, -0.15) is 0 Å². The molecule has 0 unspecified atom stereocenters. The number of anilines is 2. The quantitative estimate of drug-likeness (QED) is 0.592. The fraction of sp³-hybridized carbons (Fsp3) is 0.368. The van der Waals surface area contributed by atoms with Gasteiger partial charge in [-0.3, -0.25) is 14.4 Å². The summed E-state index contributed by atoms with van der Waals surface area (Å²) in [5.74, 6) is 0.757. The van der Waals surface area contributed by atoms with Gasteiger partial charge in [0.25, 0.3) is 0 Å². The van der Waals surface area contributed by atoms with E-state index in [2.05, 4.69) is 21.1 Å². The zero-order valence-electron chi connectivity index (χ0n) is 16.1. The summed E-state index contributed by atoms with van der Waals surface area (Å²) in [7, 11) is 0. The highest BCUT2D eigenvalue weighted by Crippen LogP contribution is 2.11. The van der Waals surface area contributed by atoms with Crippen LogP contribution in [0, 0.1) is 12.8 Å². The van der Waals surface area contributed by atoms with Crippen molar-refractivity contribution >= 4 is 41.0 Å². The Balaban J connectivity index is 1.65. The molecule has 0 saturated heterocycles. The van der Waals surface area contributed by atoms with Gasteiger partial charge in [-0.25, -0.2) is 0 Å². The second kappa shape index (κ2) is 10.5. The van der Waals surface area contributed by atoms with E-state index in [0.29, 0.717) is 18.1 Å². The smallest absolute Gasteiger partial charge is 0.235 e. The topological polar surface area (TPSA) is 113 Å². The lowest BCUT2D eigenvalue weighted by molar-refractivity contribution is -0.119. The maximum Gasteiger partial charge on any atom is 0.235 e. The predicted octanol–water partition coefficient (Wildman–Crippen LogP) is 2.57. The molecule has 150 valence electrons. The Hall–Kier alpha value is -2.81. The van der Waals surface area contributed by atoms with Crippen LogP contribution in [0.25, 0.3) is 0 Å². The highest BCUT2D eigenvalue weighted by molar-refractivity contribution is 8.00. The first-order chi connectivity index (χ1) is 13.3. The first-order valence-corrected chi connectivity index (χ1v) is 9.96. The molecule has 28 heavy (non-hydrogen) atoms. The number of nitrogens with zero attached hydrogens (tertiary/aromatic N) is 1. The van der Waals surface area contributed by atoms with Crippen molar-refractivity contribution in [1.82, 2.24) is 10.5 Å². The summed E-state index contributed by atoms with van der Waals surface area (Å²) in [5, 5.41) is 11.9. The van der Waals surface area contributed by atoms with Crippen LogP contribution in [0.1, 0.15) is 25.2 Å². The molecule has 9 heteroatoms. The van der Waals surface area contributed by atoms with Gasteiger partial charge >= 0.3 is 0 Å². The van der Waals surface area contributed by atoms with Crippen LogP contribution in [0.3, 0.4) is 0 Å². The summed E-state index contributed by atoms with van der Waals surface area (Å²) >= 11 is 1.21. The summed E-state index contributed by atoms with van der Waals surface area (Å²) in [4.78, 5) is 35.3. The third kappa shape index (κ3) is 7.43. The maximum absolute atomic E-state index is 11.9. The first-order valence-electron chi connectivity index (χ1n) is 8.81. The lowest BCUT2D eigenvalue weighted by Gasteiger charge is -2.09. The monoisotopic (exact) mass is 404 g/mol. The van der Waals surface area contributed by atoms with Crippen LogP contribution in [-0.4, -0.2) is 34.4 Å². The Morgan fingerprint density at radius 2 is 1.75 bits per heavy atom. The lowest BCUT2D eigenvalue weighted by Crippen LogP contribution is -2.25. The molecule has 1 aromatic heterocycles. The fourth-order valence-electron chi connectivity index (χ4n) is 2.08. The average molecular weight is 404 g/mol. The molecule has 0 radical (unpaired) electrons. The first kappa shape index (κ1) is 21.5. The second-order valence-corrected chi connectivity index (χ2v) is 7.47. The normalized spacial score (nSPS) is 10.6. The molecule has 0 aliphatic rings. The van der Waals surface area contributed by atoms with Gasteiger partial charge < -0.3 is 20.5 Å². The van der Waals surface area contributed by atoms with Crippen molar-refractivity contribution in [1.29, 1.82) is 0 Å². The molecular weight excluding hydrogens is 380 g/mol. The van der Waals surface area contributed by atoms with Crippen molar-refractivity contribution in [2.45, 2.75) is 27.3 Å². The number of carbonyl (C=O) groups excluding carboxylic acids is 3. The molecule has 0 atom stereocenters. The van der Waals surface area contributed by atoms with Crippen molar-refractivity contribution in [2.24, 2.45) is 5.92 Å². The van der Waals surface area contributed by atoms with Crippen molar-refractivity contribution in [2.75, 3.05) is 22.1 Å². The van der Waals surface area contributed by atoms with Gasteiger partial charge in [0, 0.05) is 24.2 Å². The number of thioether (sulfide) groups is 1. The maximum atomic E-state index is 11.9. The summed E-state index contributed by atoms with van der Waals surface area (Å²) in [5.41, 5.74) is 1.64. The number of amides is 3. The van der Waals surface area contributed by atoms with E-state index in [-0.39, 0.29) is 35.1 Å². The van der Waals surface area contributed by atoms with Crippen LogP contribution in [0.2, 0.25) is 0 Å². The number of benzene rings is 1. The van der Waals surface area contributed by atoms with Crippen molar-refractivity contribution in [3.05, 3.63) is 41.7 Å². The Labute approximate surface area is 167 Å². The molecular formula is C19H24N4O4S. The lowest BCUT2D eigenvalue weighted by atomic mass is 10.1. The Kier molecular flexibility index (Phi) is 8.06. The van der Waals surface area contributed by atoms with E-state index in [1.807, 2.05) is 26.0 Å². The van der Waals surface area contributed by atoms with Gasteiger partial charge in [-0.15, -0.1) is 11.8 Å². The Bertz CT molecular complexity index is 818. The number of aryl methyl sites for hydroxylation is 1. The van der Waals surface area contributed by atoms with Gasteiger partial charge in [0.15, 0.2) is 5.82 Å². The van der Waals surface area contributed by atoms with Gasteiger partial charge in [0.2, 0.25) is 17.7 Å². The van der Waals surface area contributed by atoms with E-state index in [1.54, 1.807) is 25.1 Å². The van der Waals surface area contributed by atoms with E-state index < -0.39 is 0 Å². The number of carbonyl (C=O) groups is 3. The van der Waals surface area contributed by atoms with E-state index >= 15 is 0 Å². The summed E-state index contributed by atoms with van der Waals surface area (Å²) in [6.07, 6.45) is 0. The van der Waals surface area contributed by atoms with Crippen molar-refractivity contribution in [3.8, 4) is 0 Å². The van der Waals surface area contributed by atoms with Crippen LogP contribution in [0.4, 0.5) is 11.5 Å². The Morgan fingerprint density at radius 1 is 1.07 bits per heavy atom. The highest BCUT2D eigenvalue weighted by atomic mass is 32.2. The molecule has 1 aromatic carbocycles. The SMILES string of the molecule is Cc1cc(NC(=O)CSCC(=O)NCc2ccc(NC(=O)C(C)C)cc2)no1. The number of hydrogen-bond acceptors (Lipinski definition) is 6. The van der Waals surface area contributed by atoms with Gasteiger partial charge in [0.1, 0.15) is 5.76 Å². The molecule has 0 aliphatic carbocycles. The molecule has 3 N–H and O–H groups in total. The third-order valence-electron chi connectivity index (χ3n) is 3.60. The molecule has 1 heterocycles. The minimum atomic E-state index is -0.245. The number of hydrogen-bond donors (Lipinski definition) is 3. The van der Waals surface area contributed by atoms with Crippen molar-refractivity contribution < 1.29 is 18.9 Å². The summed E-state index contributed by atoms with van der Waals surface area (Å²) in [6.45, 7) is 5.77. The number of aromatic nitrogens is 1. The minimum absolute atomic E-state index is 0.0409. The van der Waals surface area contributed by atoms with E-state index in [4.69, 9.17) is 4.52 Å². The summed E-state index contributed by atoms with van der Waals surface area (Å²) in [6, 6.07) is 8.90. The average Bonchev–Trinajstić information content (AvgIpc) is 3.05. The predicted molar refractivity (Wildman–Crippen MR) is 109 cm³/mol. The molecule has 2 aromatic rings. The minimum Gasteiger partial charge on any atom is -0.360 e. The molecule has 8 nitrogen and oxygen atoms in total. The standard InChI is InChI=1S/C19H24N4O4S/c1-12(2)19(26)21-15-6-4-14(5-7-15)9-20-17(24)10-28-11-18(25)22-16-8-13(3)27-23-16/h4-8,12H,9-11H2,1-3H3,(H,20,24)(H,21,26)(H,22,23,25).